The van der Waals surface area contributed by atoms with Crippen molar-refractivity contribution >= 4 is 17.9 Å². The van der Waals surface area contributed by atoms with Gasteiger partial charge in [0.2, 0.25) is 0 Å². The van der Waals surface area contributed by atoms with Gasteiger partial charge in [0.05, 0.1) is 0 Å². The zero-order chi connectivity index (χ0) is 48.6. The second-order valence-electron chi connectivity index (χ2n) is 17.7. The first-order valence-electron chi connectivity index (χ1n) is 27.4. The van der Waals surface area contributed by atoms with Crippen LogP contribution in [0.25, 0.3) is 0 Å². The summed E-state index contributed by atoms with van der Waals surface area (Å²) >= 11 is 0. The van der Waals surface area contributed by atoms with Crippen LogP contribution in [0.2, 0.25) is 0 Å². The Bertz CT molecular complexity index is 1390. The summed E-state index contributed by atoms with van der Waals surface area (Å²) in [7, 11) is 0. The number of unbranched alkanes of at least 4 members (excludes halogenated alkanes) is 19. The fourth-order valence-corrected chi connectivity index (χ4v) is 7.21. The number of carbonyl (C=O) groups excluding carboxylic acids is 3. The molecule has 6 heteroatoms. The minimum atomic E-state index is -0.816. The topological polar surface area (TPSA) is 78.9 Å². The van der Waals surface area contributed by atoms with Gasteiger partial charge in [0.1, 0.15) is 13.2 Å². The molecule has 0 fully saturated rings. The molecule has 1 atom stereocenters. The second kappa shape index (κ2) is 54.7. The van der Waals surface area contributed by atoms with Gasteiger partial charge in [-0.25, -0.2) is 0 Å². The summed E-state index contributed by atoms with van der Waals surface area (Å²) in [5, 5.41) is 0. The molecule has 0 saturated heterocycles. The maximum Gasteiger partial charge on any atom is 0.306 e. The van der Waals surface area contributed by atoms with Crippen LogP contribution in [0.5, 0.6) is 0 Å². The van der Waals surface area contributed by atoms with Crippen LogP contribution in [0.3, 0.4) is 0 Å². The van der Waals surface area contributed by atoms with Gasteiger partial charge in [-0.1, -0.05) is 220 Å². The molecule has 6 nitrogen and oxygen atoms in total. The van der Waals surface area contributed by atoms with Crippen molar-refractivity contribution in [1.29, 1.82) is 0 Å². The Morgan fingerprint density at radius 2 is 0.612 bits per heavy atom. The van der Waals surface area contributed by atoms with E-state index in [1.807, 2.05) is 12.2 Å². The summed E-state index contributed by atoms with van der Waals surface area (Å²) in [6, 6.07) is 0. The SMILES string of the molecule is CC/C=C\C/C=C\C/C=C\C/C=C\CCCCCCCCCCC(=O)OCC(COC(=O)CC/C=C\C/C=C\C/C=C\C/C=C\CC)OC(=O)CCCCCCC/C=C\CCCCCCCC. The number of hydrogen-bond acceptors (Lipinski definition) is 6. The average molecular weight is 929 g/mol. The molecule has 0 heterocycles. The van der Waals surface area contributed by atoms with Crippen molar-refractivity contribution in [3.8, 4) is 0 Å². The van der Waals surface area contributed by atoms with Gasteiger partial charge in [-0.2, -0.15) is 0 Å². The summed E-state index contributed by atoms with van der Waals surface area (Å²) < 4.78 is 16.7. The van der Waals surface area contributed by atoms with E-state index < -0.39 is 6.10 Å². The summed E-state index contributed by atoms with van der Waals surface area (Å²) in [6.45, 7) is 6.32. The lowest BCUT2D eigenvalue weighted by atomic mass is 10.1. The Labute approximate surface area is 412 Å². The van der Waals surface area contributed by atoms with Gasteiger partial charge in [0.25, 0.3) is 0 Å². The Balaban J connectivity index is 4.45. The number of carbonyl (C=O) groups is 3. The molecule has 1 unspecified atom stereocenters. The van der Waals surface area contributed by atoms with Crippen molar-refractivity contribution in [2.24, 2.45) is 0 Å². The van der Waals surface area contributed by atoms with Crippen molar-refractivity contribution < 1.29 is 28.6 Å². The van der Waals surface area contributed by atoms with Crippen LogP contribution in [-0.4, -0.2) is 37.2 Å². The Morgan fingerprint density at radius 1 is 0.313 bits per heavy atom. The molecule has 0 aromatic carbocycles. The third kappa shape index (κ3) is 52.9. The molecular formula is C61H100O6. The highest BCUT2D eigenvalue weighted by molar-refractivity contribution is 5.71. The van der Waals surface area contributed by atoms with Crippen molar-refractivity contribution in [2.45, 2.75) is 245 Å². The normalized spacial score (nSPS) is 12.9. The van der Waals surface area contributed by atoms with E-state index in [4.69, 9.17) is 14.2 Å². The molecule has 0 aliphatic carbocycles. The van der Waals surface area contributed by atoms with Crippen LogP contribution in [0.4, 0.5) is 0 Å². The highest BCUT2D eigenvalue weighted by Gasteiger charge is 2.19. The first kappa shape index (κ1) is 63.1. The van der Waals surface area contributed by atoms with Gasteiger partial charge in [0, 0.05) is 19.3 Å². The van der Waals surface area contributed by atoms with E-state index in [2.05, 4.69) is 118 Å². The number of hydrogen-bond donors (Lipinski definition) is 0. The Morgan fingerprint density at radius 3 is 1.01 bits per heavy atom. The van der Waals surface area contributed by atoms with Crippen LogP contribution in [0.15, 0.2) is 109 Å². The molecule has 67 heavy (non-hydrogen) atoms. The average Bonchev–Trinajstić information content (AvgIpc) is 3.33. The lowest BCUT2D eigenvalue weighted by molar-refractivity contribution is -0.166. The van der Waals surface area contributed by atoms with E-state index in [0.717, 1.165) is 109 Å². The number of rotatable bonds is 48. The molecule has 0 spiro atoms. The summed E-state index contributed by atoms with van der Waals surface area (Å²) in [6.07, 6.45) is 73.7. The van der Waals surface area contributed by atoms with Crippen LogP contribution < -0.4 is 0 Å². The molecule has 0 amide bonds. The molecule has 0 aromatic rings. The zero-order valence-electron chi connectivity index (χ0n) is 43.4. The highest BCUT2D eigenvalue weighted by atomic mass is 16.6. The van der Waals surface area contributed by atoms with E-state index >= 15 is 0 Å². The van der Waals surface area contributed by atoms with Gasteiger partial charge < -0.3 is 14.2 Å². The monoisotopic (exact) mass is 929 g/mol. The van der Waals surface area contributed by atoms with Crippen LogP contribution in [0.1, 0.15) is 239 Å². The quantitative estimate of drug-likeness (QED) is 0.0262. The molecular weight excluding hydrogens is 829 g/mol. The van der Waals surface area contributed by atoms with Crippen molar-refractivity contribution in [1.82, 2.24) is 0 Å². The smallest absolute Gasteiger partial charge is 0.306 e. The molecule has 0 rings (SSSR count). The van der Waals surface area contributed by atoms with Crippen LogP contribution in [-0.2, 0) is 28.6 Å². The zero-order valence-corrected chi connectivity index (χ0v) is 43.4. The molecule has 0 bridgehead atoms. The largest absolute Gasteiger partial charge is 0.462 e. The lowest BCUT2D eigenvalue weighted by Crippen LogP contribution is -2.30. The number of esters is 3. The minimum Gasteiger partial charge on any atom is -0.462 e. The standard InChI is InChI=1S/C61H100O6/c1-4-7-10-13-16-19-22-25-27-28-29-30-31-32-34-36-39-42-45-48-51-54-60(63)66-57-58(56-65-59(62)53-50-47-44-41-38-35-24-21-18-15-12-9-6-3)67-61(64)55-52-49-46-43-40-37-33-26-23-20-17-14-11-8-5-2/h7,9-10,12,16,18-19,21,25-27,29-30,33,35,38,44,47,58H,4-6,8,11,13-15,17,20,22-24,28,31-32,34,36-37,39-43,45-46,48-57H2,1-3H3/b10-7-,12-9-,19-16-,21-18-,27-25-,30-29-,33-26-,38-35-,47-44-. The maximum atomic E-state index is 12.8. The van der Waals surface area contributed by atoms with Crippen molar-refractivity contribution in [2.75, 3.05) is 13.2 Å². The molecule has 0 aromatic heterocycles. The summed E-state index contributed by atoms with van der Waals surface area (Å²) in [4.78, 5) is 38.0. The first-order chi connectivity index (χ1) is 33.0. The van der Waals surface area contributed by atoms with E-state index in [-0.39, 0.29) is 37.5 Å². The third-order valence-corrected chi connectivity index (χ3v) is 11.3. The van der Waals surface area contributed by atoms with Gasteiger partial charge in [-0.05, 0) is 109 Å². The molecule has 380 valence electrons. The molecule has 0 saturated carbocycles. The third-order valence-electron chi connectivity index (χ3n) is 11.3. The number of ether oxygens (including phenoxy) is 3. The van der Waals surface area contributed by atoms with Gasteiger partial charge >= 0.3 is 17.9 Å². The summed E-state index contributed by atoms with van der Waals surface area (Å²) in [5.41, 5.74) is 0. The molecule has 0 radical (unpaired) electrons. The molecule has 0 N–H and O–H groups in total. The van der Waals surface area contributed by atoms with E-state index in [0.29, 0.717) is 19.3 Å². The molecule has 0 aliphatic rings. The fraction of sp³-hybridized carbons (Fsp3) is 0.656. The van der Waals surface area contributed by atoms with E-state index in [9.17, 15) is 14.4 Å². The van der Waals surface area contributed by atoms with Gasteiger partial charge in [-0.3, -0.25) is 14.4 Å². The van der Waals surface area contributed by atoms with Crippen LogP contribution in [0, 0.1) is 0 Å². The van der Waals surface area contributed by atoms with E-state index in [1.165, 1.54) is 83.5 Å². The maximum absolute atomic E-state index is 12.8. The number of allylic oxidation sites excluding steroid dienone is 18. The van der Waals surface area contributed by atoms with Crippen LogP contribution >= 0.6 is 0 Å². The van der Waals surface area contributed by atoms with Gasteiger partial charge in [-0.15, -0.1) is 0 Å². The second-order valence-corrected chi connectivity index (χ2v) is 17.7. The van der Waals surface area contributed by atoms with Gasteiger partial charge in [0.15, 0.2) is 6.10 Å². The Hall–Kier alpha value is -3.93. The van der Waals surface area contributed by atoms with Crippen molar-refractivity contribution in [3.63, 3.8) is 0 Å². The molecule has 0 aliphatic heterocycles. The highest BCUT2D eigenvalue weighted by Crippen LogP contribution is 2.14. The predicted molar refractivity (Wildman–Crippen MR) is 288 cm³/mol. The fourth-order valence-electron chi connectivity index (χ4n) is 7.21. The van der Waals surface area contributed by atoms with Crippen molar-refractivity contribution in [3.05, 3.63) is 109 Å². The lowest BCUT2D eigenvalue weighted by Gasteiger charge is -2.18. The Kier molecular flexibility index (Phi) is 51.5. The summed E-state index contributed by atoms with van der Waals surface area (Å²) in [5.74, 6) is -1.01. The minimum absolute atomic E-state index is 0.109. The predicted octanol–water partition coefficient (Wildman–Crippen LogP) is 18.3. The first-order valence-corrected chi connectivity index (χ1v) is 27.4. The van der Waals surface area contributed by atoms with E-state index in [1.54, 1.807) is 0 Å².